The van der Waals surface area contributed by atoms with Crippen molar-refractivity contribution in [2.45, 2.75) is 38.0 Å². The second-order valence-electron chi connectivity index (χ2n) is 5.23. The van der Waals surface area contributed by atoms with Crippen molar-refractivity contribution < 1.29 is 32.2 Å². The molecule has 0 bridgehead atoms. The molecule has 21 heavy (non-hydrogen) atoms. The summed E-state index contributed by atoms with van der Waals surface area (Å²) in [5.74, 6) is -3.39. The van der Waals surface area contributed by atoms with Crippen LogP contribution in [-0.2, 0) is 4.74 Å². The molecule has 2 rings (SSSR count). The van der Waals surface area contributed by atoms with Crippen molar-refractivity contribution in [1.29, 1.82) is 0 Å². The summed E-state index contributed by atoms with van der Waals surface area (Å²) >= 11 is 0. The number of hydrogen-bond donors (Lipinski definition) is 1. The zero-order chi connectivity index (χ0) is 15.6. The minimum atomic E-state index is -4.34. The predicted octanol–water partition coefficient (Wildman–Crippen LogP) is 3.47. The van der Waals surface area contributed by atoms with Gasteiger partial charge in [-0.25, -0.2) is 4.79 Å². The maximum Gasteiger partial charge on any atom is 0.392 e. The van der Waals surface area contributed by atoms with Crippen molar-refractivity contribution in [1.82, 2.24) is 0 Å². The molecule has 7 heteroatoms. The van der Waals surface area contributed by atoms with E-state index in [4.69, 9.17) is 4.42 Å². The van der Waals surface area contributed by atoms with Gasteiger partial charge < -0.3 is 14.3 Å². The van der Waals surface area contributed by atoms with Crippen LogP contribution in [0, 0.1) is 11.8 Å². The molecular formula is C14H17F3O4. The Hall–Kier alpha value is -1.50. The van der Waals surface area contributed by atoms with Gasteiger partial charge in [-0.05, 0) is 25.0 Å². The van der Waals surface area contributed by atoms with Crippen molar-refractivity contribution in [2.75, 3.05) is 7.11 Å². The molecule has 0 radical (unpaired) electrons. The van der Waals surface area contributed by atoms with Crippen molar-refractivity contribution in [3.63, 3.8) is 0 Å². The van der Waals surface area contributed by atoms with Gasteiger partial charge in [0.2, 0.25) is 5.76 Å². The number of furan rings is 1. The summed E-state index contributed by atoms with van der Waals surface area (Å²) in [7, 11) is 1.17. The van der Waals surface area contributed by atoms with Crippen LogP contribution < -0.4 is 0 Å². The number of esters is 1. The second-order valence-corrected chi connectivity index (χ2v) is 5.23. The molecule has 1 aliphatic carbocycles. The topological polar surface area (TPSA) is 59.7 Å². The average molecular weight is 306 g/mol. The van der Waals surface area contributed by atoms with Gasteiger partial charge >= 0.3 is 12.1 Å². The van der Waals surface area contributed by atoms with Crippen LogP contribution in [0.2, 0.25) is 0 Å². The lowest BCUT2D eigenvalue weighted by atomic mass is 9.75. The number of ether oxygens (including phenoxy) is 1. The Morgan fingerprint density at radius 3 is 2.67 bits per heavy atom. The highest BCUT2D eigenvalue weighted by molar-refractivity contribution is 5.86. The largest absolute Gasteiger partial charge is 0.463 e. The summed E-state index contributed by atoms with van der Waals surface area (Å²) in [5.41, 5.74) is 0. The lowest BCUT2D eigenvalue weighted by Gasteiger charge is -2.35. The summed E-state index contributed by atoms with van der Waals surface area (Å²) in [5, 5.41) is 10.2. The Bertz CT molecular complexity index is 495. The first-order valence-electron chi connectivity index (χ1n) is 6.77. The minimum absolute atomic E-state index is 0.00972. The standard InChI is InChI=1S/C14H17F3O4/c1-20-13(19)11-7-6-10(21-11)12(18)8-4-2-3-5-9(8)14(15,16)17/h6-9,12,18H,2-5H2,1H3. The number of carbonyl (C=O) groups is 1. The molecule has 1 aliphatic rings. The van der Waals surface area contributed by atoms with Crippen LogP contribution >= 0.6 is 0 Å². The van der Waals surface area contributed by atoms with Gasteiger partial charge in [0.25, 0.3) is 0 Å². The van der Waals surface area contributed by atoms with Gasteiger partial charge in [0.05, 0.1) is 13.0 Å². The van der Waals surface area contributed by atoms with Crippen molar-refractivity contribution in [2.24, 2.45) is 11.8 Å². The first-order valence-corrected chi connectivity index (χ1v) is 6.77. The summed E-state index contributed by atoms with van der Waals surface area (Å²) in [6.45, 7) is 0. The van der Waals surface area contributed by atoms with Crippen LogP contribution in [0.1, 0.15) is 48.1 Å². The van der Waals surface area contributed by atoms with Gasteiger partial charge in [-0.2, -0.15) is 13.2 Å². The zero-order valence-electron chi connectivity index (χ0n) is 11.5. The van der Waals surface area contributed by atoms with E-state index in [-0.39, 0.29) is 24.4 Å². The molecule has 1 saturated carbocycles. The number of rotatable bonds is 3. The molecule has 1 N–H and O–H groups in total. The summed E-state index contributed by atoms with van der Waals surface area (Å²) < 4.78 is 48.7. The number of alkyl halides is 3. The molecule has 1 fully saturated rings. The molecule has 1 aromatic heterocycles. The third-order valence-corrected chi connectivity index (χ3v) is 3.95. The molecule has 3 atom stereocenters. The fraction of sp³-hybridized carbons (Fsp3) is 0.643. The van der Waals surface area contributed by atoms with E-state index in [2.05, 4.69) is 4.74 Å². The fourth-order valence-electron chi connectivity index (χ4n) is 2.88. The molecule has 0 spiro atoms. The lowest BCUT2D eigenvalue weighted by Crippen LogP contribution is -2.36. The molecule has 0 aromatic carbocycles. The summed E-state index contributed by atoms with van der Waals surface area (Å²) in [4.78, 5) is 11.3. The van der Waals surface area contributed by atoms with Crippen LogP contribution in [-0.4, -0.2) is 24.4 Å². The Labute approximate surface area is 119 Å². The molecule has 4 nitrogen and oxygen atoms in total. The van der Waals surface area contributed by atoms with E-state index in [1.54, 1.807) is 0 Å². The molecule has 0 saturated heterocycles. The van der Waals surface area contributed by atoms with Crippen molar-refractivity contribution in [3.05, 3.63) is 23.7 Å². The lowest BCUT2D eigenvalue weighted by molar-refractivity contribution is -0.208. The van der Waals surface area contributed by atoms with Crippen LogP contribution in [0.5, 0.6) is 0 Å². The summed E-state index contributed by atoms with van der Waals surface area (Å²) in [6, 6.07) is 2.61. The Balaban J connectivity index is 2.19. The first kappa shape index (κ1) is 15.9. The van der Waals surface area contributed by atoms with Gasteiger partial charge in [-0.1, -0.05) is 12.8 Å². The van der Waals surface area contributed by atoms with E-state index >= 15 is 0 Å². The van der Waals surface area contributed by atoms with Crippen LogP contribution in [0.3, 0.4) is 0 Å². The fourth-order valence-corrected chi connectivity index (χ4v) is 2.88. The van der Waals surface area contributed by atoms with Gasteiger partial charge in [-0.3, -0.25) is 0 Å². The van der Waals surface area contributed by atoms with Gasteiger partial charge in [0, 0.05) is 5.92 Å². The number of halogens is 3. The second kappa shape index (κ2) is 6.09. The Morgan fingerprint density at radius 2 is 2.05 bits per heavy atom. The first-order chi connectivity index (χ1) is 9.84. The van der Waals surface area contributed by atoms with E-state index in [1.807, 2.05) is 0 Å². The van der Waals surface area contributed by atoms with Gasteiger partial charge in [0.15, 0.2) is 0 Å². The molecule has 1 heterocycles. The molecule has 1 aromatic rings. The van der Waals surface area contributed by atoms with Crippen molar-refractivity contribution in [3.8, 4) is 0 Å². The average Bonchev–Trinajstić information content (AvgIpc) is 2.94. The Kier molecular flexibility index (Phi) is 4.61. The molecule has 0 aliphatic heterocycles. The van der Waals surface area contributed by atoms with Crippen LogP contribution in [0.4, 0.5) is 13.2 Å². The number of aliphatic hydroxyl groups excluding tert-OH is 1. The summed E-state index contributed by atoms with van der Waals surface area (Å²) in [6.07, 6.45) is -4.30. The highest BCUT2D eigenvalue weighted by Crippen LogP contribution is 2.46. The zero-order valence-corrected chi connectivity index (χ0v) is 11.5. The number of aliphatic hydroxyl groups is 1. The van der Waals surface area contributed by atoms with E-state index < -0.39 is 30.1 Å². The highest BCUT2D eigenvalue weighted by Gasteiger charge is 2.48. The van der Waals surface area contributed by atoms with E-state index in [1.165, 1.54) is 19.2 Å². The smallest absolute Gasteiger partial charge is 0.392 e. The third-order valence-electron chi connectivity index (χ3n) is 3.95. The third kappa shape index (κ3) is 3.40. The molecule has 3 unspecified atom stereocenters. The number of methoxy groups -OCH3 is 1. The van der Waals surface area contributed by atoms with Crippen LogP contribution in [0.15, 0.2) is 16.5 Å². The van der Waals surface area contributed by atoms with Gasteiger partial charge in [-0.15, -0.1) is 0 Å². The van der Waals surface area contributed by atoms with Crippen LogP contribution in [0.25, 0.3) is 0 Å². The number of hydrogen-bond acceptors (Lipinski definition) is 4. The maximum atomic E-state index is 13.0. The monoisotopic (exact) mass is 306 g/mol. The minimum Gasteiger partial charge on any atom is -0.463 e. The van der Waals surface area contributed by atoms with E-state index in [0.29, 0.717) is 12.8 Å². The SMILES string of the molecule is COC(=O)c1ccc(C(O)C2CCCCC2C(F)(F)F)o1. The normalized spacial score (nSPS) is 24.6. The van der Waals surface area contributed by atoms with Crippen molar-refractivity contribution >= 4 is 5.97 Å². The Morgan fingerprint density at radius 1 is 1.38 bits per heavy atom. The predicted molar refractivity (Wildman–Crippen MR) is 66.5 cm³/mol. The van der Waals surface area contributed by atoms with E-state index in [9.17, 15) is 23.1 Å². The molecule has 0 amide bonds. The highest BCUT2D eigenvalue weighted by atomic mass is 19.4. The van der Waals surface area contributed by atoms with Gasteiger partial charge in [0.1, 0.15) is 11.9 Å². The van der Waals surface area contributed by atoms with E-state index in [0.717, 1.165) is 0 Å². The molecular weight excluding hydrogens is 289 g/mol. The maximum absolute atomic E-state index is 13.0. The quantitative estimate of drug-likeness (QED) is 0.869. The molecule has 118 valence electrons. The number of carbonyl (C=O) groups excluding carboxylic acids is 1.